The minimum absolute atomic E-state index is 0.582. The molecule has 1 atom stereocenters. The van der Waals surface area contributed by atoms with Crippen LogP contribution in [0.25, 0.3) is 0 Å². The molecule has 0 aliphatic rings. The molecule has 0 aromatic heterocycles. The van der Waals surface area contributed by atoms with Crippen LogP contribution in [0.2, 0.25) is 39.3 Å². The third-order valence-corrected chi connectivity index (χ3v) is 10.9. The highest BCUT2D eigenvalue weighted by atomic mass is 28.4. The zero-order valence-corrected chi connectivity index (χ0v) is 13.2. The smallest absolute Gasteiger partial charge is 0.112 e. The predicted octanol–water partition coefficient (Wildman–Crippen LogP) is 2.86. The summed E-state index contributed by atoms with van der Waals surface area (Å²) in [5.74, 6) is 0. The summed E-state index contributed by atoms with van der Waals surface area (Å²) in [6.07, 6.45) is 1.20. The maximum Gasteiger partial charge on any atom is 0.112 e. The first-order chi connectivity index (χ1) is 5.60. The van der Waals surface area contributed by atoms with E-state index in [0.29, 0.717) is 5.67 Å². The molecule has 0 saturated carbocycles. The van der Waals surface area contributed by atoms with Crippen LogP contribution in [0.5, 0.6) is 0 Å². The first kappa shape index (κ1) is 13.6. The lowest BCUT2D eigenvalue weighted by Crippen LogP contribution is -2.63. The molecule has 3 radical (unpaired) electrons. The van der Waals surface area contributed by atoms with E-state index >= 15 is 0 Å². The van der Waals surface area contributed by atoms with Crippen LogP contribution in [0.1, 0.15) is 13.3 Å². The predicted molar refractivity (Wildman–Crippen MR) is 68.4 cm³/mol. The van der Waals surface area contributed by atoms with E-state index in [1.807, 2.05) is 0 Å². The summed E-state index contributed by atoms with van der Waals surface area (Å²) in [7, 11) is 1.54. The maximum atomic E-state index is 3.86. The summed E-state index contributed by atoms with van der Waals surface area (Å²) in [4.78, 5) is 0. The molecule has 0 heterocycles. The Labute approximate surface area is 89.5 Å². The van der Waals surface area contributed by atoms with E-state index in [1.165, 1.54) is 6.42 Å². The van der Waals surface area contributed by atoms with Crippen LogP contribution >= 0.6 is 0 Å². The molecule has 0 aliphatic carbocycles. The summed E-state index contributed by atoms with van der Waals surface area (Å²) >= 11 is 0. The van der Waals surface area contributed by atoms with Gasteiger partial charge in [-0.15, -0.1) is 0 Å². The third-order valence-electron chi connectivity index (χ3n) is 2.14. The molecule has 0 aliphatic heterocycles. The molecule has 0 amide bonds. The van der Waals surface area contributed by atoms with Gasteiger partial charge in [-0.1, -0.05) is 46.2 Å². The molecule has 0 fully saturated rings. The van der Waals surface area contributed by atoms with E-state index < -0.39 is 16.5 Å². The minimum Gasteiger partial charge on any atom is -0.346 e. The van der Waals surface area contributed by atoms with Gasteiger partial charge in [-0.05, 0) is 12.1 Å². The molecule has 1 nitrogen and oxygen atoms in total. The average molecular weight is 231 g/mol. The van der Waals surface area contributed by atoms with Crippen molar-refractivity contribution in [1.29, 1.82) is 0 Å². The van der Waals surface area contributed by atoms with Gasteiger partial charge in [0.1, 0.15) is 16.5 Å². The Morgan fingerprint density at radius 2 is 1.31 bits per heavy atom. The van der Waals surface area contributed by atoms with E-state index in [-0.39, 0.29) is 0 Å². The van der Waals surface area contributed by atoms with Crippen molar-refractivity contribution in [3.05, 3.63) is 0 Å². The van der Waals surface area contributed by atoms with E-state index in [1.54, 1.807) is 0 Å². The number of rotatable bonds is 4. The molecule has 77 valence electrons. The highest BCUT2D eigenvalue weighted by Gasteiger charge is 2.36. The van der Waals surface area contributed by atoms with Crippen LogP contribution in [0.15, 0.2) is 0 Å². The van der Waals surface area contributed by atoms with Crippen molar-refractivity contribution in [1.82, 2.24) is 4.23 Å². The Bertz CT molecular complexity index is 143. The third kappa shape index (κ3) is 4.10. The number of hydrogen-bond acceptors (Lipinski definition) is 1. The fraction of sp³-hybridized carbons (Fsp3) is 1.00. The molecular weight excluding hydrogens is 206 g/mol. The topological polar surface area (TPSA) is 3.24 Å². The second kappa shape index (κ2) is 4.42. The van der Waals surface area contributed by atoms with Crippen LogP contribution in [0, 0.1) is 0 Å². The van der Waals surface area contributed by atoms with E-state index in [0.717, 1.165) is 0 Å². The lowest BCUT2D eigenvalue weighted by molar-refractivity contribution is 0.547. The molecule has 0 bridgehead atoms. The number of nitrogens with zero attached hydrogens (tertiary/aromatic N) is 1. The van der Waals surface area contributed by atoms with Gasteiger partial charge in [0.05, 0.1) is 0 Å². The van der Waals surface area contributed by atoms with Crippen molar-refractivity contribution >= 4 is 26.7 Å². The summed E-state index contributed by atoms with van der Waals surface area (Å²) < 4.78 is 2.79. The lowest BCUT2D eigenvalue weighted by Gasteiger charge is -2.47. The van der Waals surface area contributed by atoms with Gasteiger partial charge < -0.3 is 4.23 Å². The van der Waals surface area contributed by atoms with Gasteiger partial charge in [-0.2, -0.15) is 0 Å². The Hall–Kier alpha value is 0.611. The van der Waals surface area contributed by atoms with Crippen molar-refractivity contribution in [3.8, 4) is 0 Å². The quantitative estimate of drug-likeness (QED) is 0.672. The van der Waals surface area contributed by atoms with Gasteiger partial charge >= 0.3 is 0 Å². The Morgan fingerprint density at radius 1 is 1.00 bits per heavy atom. The van der Waals surface area contributed by atoms with Crippen molar-refractivity contribution in [2.24, 2.45) is 0 Å². The summed E-state index contributed by atoms with van der Waals surface area (Å²) in [5.41, 5.74) is 0.582. The van der Waals surface area contributed by atoms with Crippen LogP contribution in [0.4, 0.5) is 0 Å². The second-order valence-corrected chi connectivity index (χ2v) is 16.4. The molecule has 0 saturated heterocycles. The zero-order valence-electron chi connectivity index (χ0n) is 10.2. The van der Waals surface area contributed by atoms with Crippen LogP contribution in [0.3, 0.4) is 0 Å². The fourth-order valence-electron chi connectivity index (χ4n) is 2.12. The van der Waals surface area contributed by atoms with Gasteiger partial charge in [-0.25, -0.2) is 0 Å². The van der Waals surface area contributed by atoms with E-state index in [2.05, 4.69) is 60.7 Å². The van der Waals surface area contributed by atoms with Crippen molar-refractivity contribution < 1.29 is 0 Å². The molecule has 1 unspecified atom stereocenters. The minimum atomic E-state index is -1.16. The Balaban J connectivity index is 4.78. The molecule has 0 aromatic carbocycles. The van der Waals surface area contributed by atoms with Crippen molar-refractivity contribution in [2.45, 2.75) is 58.3 Å². The van der Waals surface area contributed by atoms with Crippen LogP contribution in [-0.4, -0.2) is 36.6 Å². The SMILES string of the molecule is CCC([Si])N([Si](C)(C)C)[Si](C)(C)C. The molecule has 0 rings (SSSR count). The van der Waals surface area contributed by atoms with Gasteiger partial charge in [-0.3, -0.25) is 0 Å². The summed E-state index contributed by atoms with van der Waals surface area (Å²) in [5, 5.41) is 0. The molecule has 13 heavy (non-hydrogen) atoms. The zero-order chi connectivity index (χ0) is 10.9. The monoisotopic (exact) mass is 230 g/mol. The van der Waals surface area contributed by atoms with Crippen molar-refractivity contribution in [2.75, 3.05) is 0 Å². The molecular formula is C9H24NSi3. The van der Waals surface area contributed by atoms with E-state index in [9.17, 15) is 0 Å². The maximum absolute atomic E-state index is 3.86. The summed E-state index contributed by atoms with van der Waals surface area (Å²) in [6.45, 7) is 16.9. The Kier molecular flexibility index (Phi) is 4.63. The first-order valence-electron chi connectivity index (χ1n) is 5.11. The van der Waals surface area contributed by atoms with Crippen LogP contribution in [-0.2, 0) is 0 Å². The highest BCUT2D eigenvalue weighted by molar-refractivity contribution is 6.90. The average Bonchev–Trinajstić information content (AvgIpc) is 1.80. The van der Waals surface area contributed by atoms with Crippen LogP contribution < -0.4 is 0 Å². The van der Waals surface area contributed by atoms with Gasteiger partial charge in [0.2, 0.25) is 0 Å². The fourth-order valence-corrected chi connectivity index (χ4v) is 14.7. The largest absolute Gasteiger partial charge is 0.346 e. The lowest BCUT2D eigenvalue weighted by atomic mass is 10.5. The van der Waals surface area contributed by atoms with Gasteiger partial charge in [0.15, 0.2) is 0 Å². The van der Waals surface area contributed by atoms with Gasteiger partial charge in [0.25, 0.3) is 0 Å². The number of hydrogen-bond donors (Lipinski definition) is 0. The van der Waals surface area contributed by atoms with E-state index in [4.69, 9.17) is 0 Å². The second-order valence-electron chi connectivity index (χ2n) is 5.64. The van der Waals surface area contributed by atoms with Gasteiger partial charge in [0, 0.05) is 10.2 Å². The highest BCUT2D eigenvalue weighted by Crippen LogP contribution is 2.22. The standard InChI is InChI=1S/C9H24NSi3/c1-8-9(11)10(12(2,3)4)13(5,6)7/h9H,8H2,1-7H3. The van der Waals surface area contributed by atoms with Crippen molar-refractivity contribution in [3.63, 3.8) is 0 Å². The molecule has 0 N–H and O–H groups in total. The molecule has 4 heteroatoms. The first-order valence-corrected chi connectivity index (χ1v) is 12.6. The molecule has 0 aromatic rings. The summed E-state index contributed by atoms with van der Waals surface area (Å²) in [6, 6.07) is 0. The Morgan fingerprint density at radius 3 is 1.38 bits per heavy atom. The molecule has 0 spiro atoms. The normalized spacial score (nSPS) is 16.4.